The Balaban J connectivity index is 2.13. The van der Waals surface area contributed by atoms with Crippen molar-refractivity contribution in [1.29, 1.82) is 0 Å². The van der Waals surface area contributed by atoms with Crippen LogP contribution in [0.3, 0.4) is 0 Å². The Bertz CT molecular complexity index is 664. The third kappa shape index (κ3) is 3.55. The van der Waals surface area contributed by atoms with Crippen LogP contribution in [0.15, 0.2) is 45.3 Å². The molecule has 0 aromatic heterocycles. The van der Waals surface area contributed by atoms with Gasteiger partial charge in [0.1, 0.15) is 18.2 Å². The van der Waals surface area contributed by atoms with Gasteiger partial charge in [-0.2, -0.15) is 0 Å². The summed E-state index contributed by atoms with van der Waals surface area (Å²) in [6, 6.07) is 8.55. The van der Waals surface area contributed by atoms with Gasteiger partial charge in [-0.15, -0.1) is 0 Å². The van der Waals surface area contributed by atoms with Gasteiger partial charge in [-0.1, -0.05) is 15.9 Å². The van der Waals surface area contributed by atoms with Crippen molar-refractivity contribution in [3.63, 3.8) is 0 Å². The van der Waals surface area contributed by atoms with E-state index >= 15 is 0 Å². The standard InChI is InChI=1S/C13H8Br2FNO3/c14-11-6-10(17(18)19)3-1-8(11)7-20-13-4-2-9(16)5-12(13)15/h1-6H,7H2. The van der Waals surface area contributed by atoms with Crippen molar-refractivity contribution in [2.75, 3.05) is 0 Å². The van der Waals surface area contributed by atoms with Gasteiger partial charge < -0.3 is 4.74 Å². The molecule has 0 saturated heterocycles. The van der Waals surface area contributed by atoms with E-state index in [4.69, 9.17) is 4.74 Å². The molecule has 0 radical (unpaired) electrons. The first-order valence-corrected chi connectivity index (χ1v) is 7.06. The predicted molar refractivity (Wildman–Crippen MR) is 79.2 cm³/mol. The summed E-state index contributed by atoms with van der Waals surface area (Å²) in [5.41, 5.74) is 0.760. The largest absolute Gasteiger partial charge is 0.488 e. The van der Waals surface area contributed by atoms with Gasteiger partial charge in [-0.25, -0.2) is 4.39 Å². The van der Waals surface area contributed by atoms with E-state index < -0.39 is 4.92 Å². The molecule has 0 bridgehead atoms. The summed E-state index contributed by atoms with van der Waals surface area (Å²) < 4.78 is 19.6. The van der Waals surface area contributed by atoms with Gasteiger partial charge in [-0.3, -0.25) is 10.1 Å². The monoisotopic (exact) mass is 403 g/mol. The van der Waals surface area contributed by atoms with E-state index in [1.54, 1.807) is 6.07 Å². The molecule has 4 nitrogen and oxygen atoms in total. The molecule has 0 aliphatic carbocycles. The molecule has 0 fully saturated rings. The Labute approximate surface area is 131 Å². The first kappa shape index (κ1) is 14.9. The van der Waals surface area contributed by atoms with Gasteiger partial charge in [-0.05, 0) is 40.2 Å². The van der Waals surface area contributed by atoms with Crippen molar-refractivity contribution in [3.8, 4) is 5.75 Å². The highest BCUT2D eigenvalue weighted by Crippen LogP contribution is 2.28. The van der Waals surface area contributed by atoms with Crippen LogP contribution in [0.4, 0.5) is 10.1 Å². The highest BCUT2D eigenvalue weighted by Gasteiger charge is 2.10. The summed E-state index contributed by atoms with van der Waals surface area (Å²) in [5, 5.41) is 10.6. The maximum absolute atomic E-state index is 12.9. The summed E-state index contributed by atoms with van der Waals surface area (Å²) in [4.78, 5) is 10.2. The van der Waals surface area contributed by atoms with Crippen LogP contribution in [-0.4, -0.2) is 4.92 Å². The van der Waals surface area contributed by atoms with Crippen LogP contribution in [0.2, 0.25) is 0 Å². The molecule has 0 N–H and O–H groups in total. The van der Waals surface area contributed by atoms with Crippen molar-refractivity contribution in [2.24, 2.45) is 0 Å². The number of hydrogen-bond donors (Lipinski definition) is 0. The van der Waals surface area contributed by atoms with Crippen molar-refractivity contribution >= 4 is 37.5 Å². The third-order valence-corrected chi connectivity index (χ3v) is 3.88. The molecule has 0 amide bonds. The molecule has 2 aromatic rings. The summed E-state index contributed by atoms with van der Waals surface area (Å²) in [5.74, 6) is 0.136. The van der Waals surface area contributed by atoms with Gasteiger partial charge in [0.05, 0.1) is 9.40 Å². The molecule has 7 heteroatoms. The van der Waals surface area contributed by atoms with Gasteiger partial charge in [0.15, 0.2) is 0 Å². The SMILES string of the molecule is O=[N+]([O-])c1ccc(COc2ccc(F)cc2Br)c(Br)c1. The Hall–Kier alpha value is -1.47. The average Bonchev–Trinajstić information content (AvgIpc) is 2.38. The zero-order chi connectivity index (χ0) is 14.7. The Morgan fingerprint density at radius 3 is 2.50 bits per heavy atom. The molecule has 0 spiro atoms. The molecule has 2 rings (SSSR count). The van der Waals surface area contributed by atoms with E-state index in [2.05, 4.69) is 31.9 Å². The Morgan fingerprint density at radius 1 is 1.15 bits per heavy atom. The number of nitrogens with zero attached hydrogens (tertiary/aromatic N) is 1. The molecule has 0 heterocycles. The van der Waals surface area contributed by atoms with E-state index in [0.717, 1.165) is 5.56 Å². The number of benzene rings is 2. The second kappa shape index (κ2) is 6.32. The molecule has 0 unspecified atom stereocenters. The van der Waals surface area contributed by atoms with E-state index in [9.17, 15) is 14.5 Å². The van der Waals surface area contributed by atoms with Crippen LogP contribution in [0.1, 0.15) is 5.56 Å². The number of hydrogen-bond acceptors (Lipinski definition) is 3. The maximum atomic E-state index is 12.9. The quantitative estimate of drug-likeness (QED) is 0.541. The lowest BCUT2D eigenvalue weighted by Gasteiger charge is -2.09. The average molecular weight is 405 g/mol. The highest BCUT2D eigenvalue weighted by molar-refractivity contribution is 9.10. The van der Waals surface area contributed by atoms with Crippen molar-refractivity contribution < 1.29 is 14.1 Å². The number of halogens is 3. The van der Waals surface area contributed by atoms with Crippen molar-refractivity contribution in [3.05, 3.63) is 66.8 Å². The Morgan fingerprint density at radius 2 is 1.90 bits per heavy atom. The van der Waals surface area contributed by atoms with Gasteiger partial charge in [0.2, 0.25) is 0 Å². The van der Waals surface area contributed by atoms with Gasteiger partial charge in [0.25, 0.3) is 5.69 Å². The lowest BCUT2D eigenvalue weighted by molar-refractivity contribution is -0.384. The van der Waals surface area contributed by atoms with Crippen LogP contribution in [0.25, 0.3) is 0 Å². The molecule has 0 aliphatic rings. The number of ether oxygens (including phenoxy) is 1. The van der Waals surface area contributed by atoms with Crippen LogP contribution in [0.5, 0.6) is 5.75 Å². The van der Waals surface area contributed by atoms with Crippen molar-refractivity contribution in [2.45, 2.75) is 6.61 Å². The minimum atomic E-state index is -0.466. The number of nitro groups is 1. The minimum Gasteiger partial charge on any atom is -0.488 e. The van der Waals surface area contributed by atoms with Crippen molar-refractivity contribution in [1.82, 2.24) is 0 Å². The van der Waals surface area contributed by atoms with Crippen LogP contribution in [0, 0.1) is 15.9 Å². The Kier molecular flexibility index (Phi) is 4.72. The van der Waals surface area contributed by atoms with E-state index in [1.165, 1.54) is 30.3 Å². The third-order valence-electron chi connectivity index (χ3n) is 2.52. The maximum Gasteiger partial charge on any atom is 0.270 e. The molecular weight excluding hydrogens is 397 g/mol. The van der Waals surface area contributed by atoms with E-state index in [1.807, 2.05) is 0 Å². The minimum absolute atomic E-state index is 0.00332. The van der Waals surface area contributed by atoms with E-state index in [-0.39, 0.29) is 18.1 Å². The second-order valence-corrected chi connectivity index (χ2v) is 5.60. The number of nitro benzene ring substituents is 1. The fourth-order valence-corrected chi connectivity index (χ4v) is 2.46. The summed E-state index contributed by atoms with van der Waals surface area (Å²) in [7, 11) is 0. The lowest BCUT2D eigenvalue weighted by atomic mass is 10.2. The number of non-ortho nitro benzene ring substituents is 1. The first-order chi connectivity index (χ1) is 9.47. The van der Waals surface area contributed by atoms with Crippen LogP contribution < -0.4 is 4.74 Å². The van der Waals surface area contributed by atoms with Crippen LogP contribution >= 0.6 is 31.9 Å². The normalized spacial score (nSPS) is 10.3. The molecule has 2 aromatic carbocycles. The van der Waals surface area contributed by atoms with Gasteiger partial charge >= 0.3 is 0 Å². The zero-order valence-electron chi connectivity index (χ0n) is 9.98. The molecule has 104 valence electrons. The molecule has 20 heavy (non-hydrogen) atoms. The predicted octanol–water partition coefficient (Wildman–Crippen LogP) is 4.84. The topological polar surface area (TPSA) is 52.4 Å². The highest BCUT2D eigenvalue weighted by atomic mass is 79.9. The number of rotatable bonds is 4. The first-order valence-electron chi connectivity index (χ1n) is 5.48. The summed E-state index contributed by atoms with van der Waals surface area (Å²) in [6.45, 7) is 0.211. The van der Waals surface area contributed by atoms with Crippen LogP contribution in [-0.2, 0) is 6.61 Å². The molecule has 0 saturated carbocycles. The molecule has 0 aliphatic heterocycles. The smallest absolute Gasteiger partial charge is 0.270 e. The summed E-state index contributed by atoms with van der Waals surface area (Å²) >= 11 is 6.47. The fourth-order valence-electron chi connectivity index (χ4n) is 1.51. The zero-order valence-corrected chi connectivity index (χ0v) is 13.1. The van der Waals surface area contributed by atoms with E-state index in [0.29, 0.717) is 14.7 Å². The lowest BCUT2D eigenvalue weighted by Crippen LogP contribution is -1.98. The second-order valence-electron chi connectivity index (χ2n) is 3.90. The van der Waals surface area contributed by atoms with Gasteiger partial charge in [0, 0.05) is 22.2 Å². The molecular formula is C13H8Br2FNO3. The summed E-state index contributed by atoms with van der Waals surface area (Å²) in [6.07, 6.45) is 0. The fraction of sp³-hybridized carbons (Fsp3) is 0.0769. The molecule has 0 atom stereocenters.